The number of carbonyl (C=O) groups excluding carboxylic acids is 2. The van der Waals surface area contributed by atoms with Gasteiger partial charge < -0.3 is 19.9 Å². The van der Waals surface area contributed by atoms with Crippen LogP contribution in [-0.4, -0.2) is 49.5 Å². The number of hydrogen-bond acceptors (Lipinski definition) is 4. The molecule has 0 atom stereocenters. The summed E-state index contributed by atoms with van der Waals surface area (Å²) in [4.78, 5) is 29.4. The van der Waals surface area contributed by atoms with Gasteiger partial charge in [0.2, 0.25) is 0 Å². The lowest BCUT2D eigenvalue weighted by Gasteiger charge is -2.36. The molecule has 3 aromatic rings. The molecule has 4 rings (SSSR count). The molecule has 1 aliphatic rings. The summed E-state index contributed by atoms with van der Waals surface area (Å²) < 4.78 is 5.61. The lowest BCUT2D eigenvalue weighted by molar-refractivity contribution is 0.0746. The van der Waals surface area contributed by atoms with Crippen molar-refractivity contribution in [3.05, 3.63) is 88.9 Å². The molecule has 34 heavy (non-hydrogen) atoms. The zero-order valence-electron chi connectivity index (χ0n) is 19.2. The highest BCUT2D eigenvalue weighted by Crippen LogP contribution is 2.30. The van der Waals surface area contributed by atoms with E-state index in [9.17, 15) is 9.59 Å². The number of anilines is 2. The van der Waals surface area contributed by atoms with Gasteiger partial charge in [-0.3, -0.25) is 9.59 Å². The van der Waals surface area contributed by atoms with Gasteiger partial charge in [-0.2, -0.15) is 0 Å². The van der Waals surface area contributed by atoms with Crippen molar-refractivity contribution < 1.29 is 14.3 Å². The van der Waals surface area contributed by atoms with Gasteiger partial charge in [0.15, 0.2) is 0 Å². The Morgan fingerprint density at radius 3 is 2.35 bits per heavy atom. The minimum absolute atomic E-state index is 0.0496. The zero-order chi connectivity index (χ0) is 23.9. The van der Waals surface area contributed by atoms with Crippen molar-refractivity contribution >= 4 is 34.8 Å². The third-order valence-corrected chi connectivity index (χ3v) is 6.01. The minimum Gasteiger partial charge on any atom is -0.494 e. The summed E-state index contributed by atoms with van der Waals surface area (Å²) in [6.07, 6.45) is 0.902. The maximum atomic E-state index is 12.7. The van der Waals surface area contributed by atoms with E-state index in [0.29, 0.717) is 60.4 Å². The largest absolute Gasteiger partial charge is 0.494 e. The normalized spacial score (nSPS) is 13.5. The van der Waals surface area contributed by atoms with Crippen LogP contribution in [0.3, 0.4) is 0 Å². The van der Waals surface area contributed by atoms with Crippen molar-refractivity contribution in [2.45, 2.75) is 13.3 Å². The molecule has 1 fully saturated rings. The number of halogens is 1. The summed E-state index contributed by atoms with van der Waals surface area (Å²) in [7, 11) is 0. The highest BCUT2D eigenvalue weighted by Gasteiger charge is 2.23. The molecule has 2 amide bonds. The molecule has 1 heterocycles. The third kappa shape index (κ3) is 5.69. The van der Waals surface area contributed by atoms with E-state index in [4.69, 9.17) is 16.3 Å². The predicted octanol–water partition coefficient (Wildman–Crippen LogP) is 5.34. The lowest BCUT2D eigenvalue weighted by Crippen LogP contribution is -2.48. The molecule has 0 bridgehead atoms. The molecule has 0 aliphatic carbocycles. The fraction of sp³-hybridized carbons (Fsp3) is 0.259. The van der Waals surface area contributed by atoms with Crippen molar-refractivity contribution in [3.63, 3.8) is 0 Å². The highest BCUT2D eigenvalue weighted by atomic mass is 35.5. The topological polar surface area (TPSA) is 61.9 Å². The molecular formula is C27H28ClN3O3. The molecule has 7 heteroatoms. The number of amides is 2. The SMILES string of the molecule is CCCOc1cccc(C(=O)Nc2ccc(N3CCN(C(=O)c4ccccc4)CC3)c(Cl)c2)c1. The number of nitrogens with one attached hydrogen (secondary N) is 1. The first kappa shape index (κ1) is 23.6. The van der Waals surface area contributed by atoms with Gasteiger partial charge in [-0.15, -0.1) is 0 Å². The first-order chi connectivity index (χ1) is 16.5. The summed E-state index contributed by atoms with van der Waals surface area (Å²) >= 11 is 6.58. The first-order valence-corrected chi connectivity index (χ1v) is 11.9. The summed E-state index contributed by atoms with van der Waals surface area (Å²) in [5, 5.41) is 3.46. The van der Waals surface area contributed by atoms with Crippen LogP contribution in [0.1, 0.15) is 34.1 Å². The molecule has 0 spiro atoms. The van der Waals surface area contributed by atoms with Crippen LogP contribution < -0.4 is 15.0 Å². The summed E-state index contributed by atoms with van der Waals surface area (Å²) in [5.74, 6) is 0.500. The minimum atomic E-state index is -0.223. The van der Waals surface area contributed by atoms with E-state index in [-0.39, 0.29) is 11.8 Å². The molecule has 0 unspecified atom stereocenters. The molecule has 0 radical (unpaired) electrons. The summed E-state index contributed by atoms with van der Waals surface area (Å²) in [5.41, 5.74) is 2.74. The number of ether oxygens (including phenoxy) is 1. The second kappa shape index (κ2) is 11.1. The van der Waals surface area contributed by atoms with Crippen molar-refractivity contribution in [2.24, 2.45) is 0 Å². The lowest BCUT2D eigenvalue weighted by atomic mass is 10.1. The van der Waals surface area contributed by atoms with Crippen molar-refractivity contribution in [1.29, 1.82) is 0 Å². The average molecular weight is 478 g/mol. The molecule has 1 N–H and O–H groups in total. The van der Waals surface area contributed by atoms with Gasteiger partial charge in [0.05, 0.1) is 17.3 Å². The second-order valence-corrected chi connectivity index (χ2v) is 8.55. The zero-order valence-corrected chi connectivity index (χ0v) is 19.9. The van der Waals surface area contributed by atoms with Crippen molar-refractivity contribution in [3.8, 4) is 5.75 Å². The Morgan fingerprint density at radius 2 is 1.65 bits per heavy atom. The van der Waals surface area contributed by atoms with Crippen LogP contribution in [0, 0.1) is 0 Å². The molecule has 3 aromatic carbocycles. The third-order valence-electron chi connectivity index (χ3n) is 5.70. The Hall–Kier alpha value is -3.51. The van der Waals surface area contributed by atoms with Crippen LogP contribution in [0.15, 0.2) is 72.8 Å². The number of carbonyl (C=O) groups is 2. The molecule has 176 valence electrons. The Bertz CT molecular complexity index is 1140. The molecular weight excluding hydrogens is 450 g/mol. The second-order valence-electron chi connectivity index (χ2n) is 8.14. The fourth-order valence-corrected chi connectivity index (χ4v) is 4.21. The van der Waals surface area contributed by atoms with E-state index in [0.717, 1.165) is 12.1 Å². The van der Waals surface area contributed by atoms with Crippen LogP contribution in [-0.2, 0) is 0 Å². The van der Waals surface area contributed by atoms with Crippen LogP contribution in [0.5, 0.6) is 5.75 Å². The first-order valence-electron chi connectivity index (χ1n) is 11.5. The number of benzene rings is 3. The van der Waals surface area contributed by atoms with E-state index >= 15 is 0 Å². The summed E-state index contributed by atoms with van der Waals surface area (Å²) in [6, 6.07) is 22.0. The van der Waals surface area contributed by atoms with Crippen LogP contribution in [0.2, 0.25) is 5.02 Å². The maximum Gasteiger partial charge on any atom is 0.255 e. The number of nitrogens with zero attached hydrogens (tertiary/aromatic N) is 2. The Balaban J connectivity index is 1.36. The highest BCUT2D eigenvalue weighted by molar-refractivity contribution is 6.33. The van der Waals surface area contributed by atoms with E-state index in [1.165, 1.54) is 0 Å². The number of hydrogen-bond donors (Lipinski definition) is 1. The monoisotopic (exact) mass is 477 g/mol. The summed E-state index contributed by atoms with van der Waals surface area (Å²) in [6.45, 7) is 5.27. The van der Waals surface area contributed by atoms with Crippen LogP contribution in [0.4, 0.5) is 11.4 Å². The molecule has 1 aliphatic heterocycles. The quantitative estimate of drug-likeness (QED) is 0.498. The van der Waals surface area contributed by atoms with Gasteiger partial charge in [-0.25, -0.2) is 0 Å². The van der Waals surface area contributed by atoms with E-state index in [2.05, 4.69) is 10.2 Å². The predicted molar refractivity (Wildman–Crippen MR) is 136 cm³/mol. The van der Waals surface area contributed by atoms with Crippen LogP contribution >= 0.6 is 11.6 Å². The Kier molecular flexibility index (Phi) is 7.70. The van der Waals surface area contributed by atoms with Crippen molar-refractivity contribution in [1.82, 2.24) is 4.90 Å². The fourth-order valence-electron chi connectivity index (χ4n) is 3.91. The van der Waals surface area contributed by atoms with E-state index in [1.807, 2.05) is 60.4 Å². The van der Waals surface area contributed by atoms with Crippen molar-refractivity contribution in [2.75, 3.05) is 43.0 Å². The van der Waals surface area contributed by atoms with E-state index < -0.39 is 0 Å². The average Bonchev–Trinajstić information content (AvgIpc) is 2.88. The van der Waals surface area contributed by atoms with Gasteiger partial charge in [-0.1, -0.05) is 42.8 Å². The molecule has 0 aromatic heterocycles. The number of piperazine rings is 1. The molecule has 1 saturated heterocycles. The van der Waals surface area contributed by atoms with Gasteiger partial charge in [0.25, 0.3) is 11.8 Å². The van der Waals surface area contributed by atoms with Crippen LogP contribution in [0.25, 0.3) is 0 Å². The van der Waals surface area contributed by atoms with E-state index in [1.54, 1.807) is 24.3 Å². The Morgan fingerprint density at radius 1 is 0.912 bits per heavy atom. The standard InChI is InChI=1S/C27H28ClN3O3/c1-2-17-34-23-10-6-9-21(18-23)26(32)29-22-11-12-25(24(28)19-22)30-13-15-31(16-14-30)27(33)20-7-4-3-5-8-20/h3-12,18-19H,2,13-17H2,1H3,(H,29,32). The van der Waals surface area contributed by atoms with Gasteiger partial charge in [0.1, 0.15) is 5.75 Å². The van der Waals surface area contributed by atoms with Gasteiger partial charge >= 0.3 is 0 Å². The number of rotatable bonds is 7. The Labute approximate surface area is 205 Å². The van der Waals surface area contributed by atoms with Gasteiger partial charge in [-0.05, 0) is 55.0 Å². The maximum absolute atomic E-state index is 12.7. The smallest absolute Gasteiger partial charge is 0.255 e. The molecule has 0 saturated carbocycles. The molecule has 6 nitrogen and oxygen atoms in total. The van der Waals surface area contributed by atoms with Gasteiger partial charge in [0, 0.05) is 43.0 Å².